The minimum atomic E-state index is -0.315. The maximum absolute atomic E-state index is 12.7. The quantitative estimate of drug-likeness (QED) is 0.831. The first-order chi connectivity index (χ1) is 12.6. The van der Waals surface area contributed by atoms with E-state index in [4.69, 9.17) is 4.74 Å². The Morgan fingerprint density at radius 3 is 2.73 bits per heavy atom. The van der Waals surface area contributed by atoms with Crippen LogP contribution in [0.25, 0.3) is 5.57 Å². The van der Waals surface area contributed by atoms with Gasteiger partial charge in [0.05, 0.1) is 29.0 Å². The number of rotatable bonds is 2. The maximum Gasteiger partial charge on any atom is 0.264 e. The second kappa shape index (κ2) is 6.34. The number of amidine groups is 1. The Hall–Kier alpha value is -3.06. The van der Waals surface area contributed by atoms with E-state index in [0.29, 0.717) is 27.1 Å². The van der Waals surface area contributed by atoms with E-state index in [2.05, 4.69) is 10.3 Å². The molecule has 0 bridgehead atoms. The SMILES string of the molecule is COc1cccc(N=C2NC(=O)/C(=C3\C(=O)N(C)c4ccccc43)S2)c1. The predicted molar refractivity (Wildman–Crippen MR) is 103 cm³/mol. The van der Waals surface area contributed by atoms with E-state index in [-0.39, 0.29) is 11.8 Å². The Balaban J connectivity index is 1.73. The number of ether oxygens (including phenoxy) is 1. The number of amides is 2. The van der Waals surface area contributed by atoms with Crippen LogP contribution in [0.2, 0.25) is 0 Å². The van der Waals surface area contributed by atoms with Crippen LogP contribution in [0.4, 0.5) is 11.4 Å². The average Bonchev–Trinajstić information content (AvgIpc) is 3.13. The number of benzene rings is 2. The van der Waals surface area contributed by atoms with Gasteiger partial charge in [0, 0.05) is 18.7 Å². The van der Waals surface area contributed by atoms with Crippen LogP contribution < -0.4 is 15.0 Å². The van der Waals surface area contributed by atoms with Crippen molar-refractivity contribution in [3.05, 3.63) is 59.0 Å². The number of nitrogens with one attached hydrogen (secondary N) is 1. The van der Waals surface area contributed by atoms with Crippen LogP contribution in [-0.2, 0) is 9.59 Å². The molecule has 0 aromatic heterocycles. The molecule has 0 spiro atoms. The molecule has 2 aromatic carbocycles. The fourth-order valence-electron chi connectivity index (χ4n) is 2.92. The first-order valence-corrected chi connectivity index (χ1v) is 8.74. The van der Waals surface area contributed by atoms with E-state index in [1.807, 2.05) is 42.5 Å². The number of anilines is 1. The zero-order valence-corrected chi connectivity index (χ0v) is 15.0. The van der Waals surface area contributed by atoms with Crippen LogP contribution in [0, 0.1) is 0 Å². The molecule has 0 aliphatic carbocycles. The Kier molecular flexibility index (Phi) is 4.00. The van der Waals surface area contributed by atoms with Crippen molar-refractivity contribution in [3.8, 4) is 5.75 Å². The minimum absolute atomic E-state index is 0.188. The summed E-state index contributed by atoms with van der Waals surface area (Å²) >= 11 is 1.17. The van der Waals surface area contributed by atoms with Crippen molar-refractivity contribution in [2.45, 2.75) is 0 Å². The zero-order valence-electron chi connectivity index (χ0n) is 14.1. The molecule has 0 atom stereocenters. The second-order valence-electron chi connectivity index (χ2n) is 5.76. The maximum atomic E-state index is 12.7. The van der Waals surface area contributed by atoms with Gasteiger partial charge in [-0.2, -0.15) is 0 Å². The Morgan fingerprint density at radius 1 is 1.12 bits per heavy atom. The molecule has 6 nitrogen and oxygen atoms in total. The van der Waals surface area contributed by atoms with Gasteiger partial charge in [0.15, 0.2) is 5.17 Å². The molecule has 0 radical (unpaired) electrons. The summed E-state index contributed by atoms with van der Waals surface area (Å²) in [6, 6.07) is 14.7. The second-order valence-corrected chi connectivity index (χ2v) is 6.76. The first-order valence-electron chi connectivity index (χ1n) is 7.92. The van der Waals surface area contributed by atoms with E-state index in [1.54, 1.807) is 25.1 Å². The van der Waals surface area contributed by atoms with Crippen LogP contribution in [0.3, 0.4) is 0 Å². The highest BCUT2D eigenvalue weighted by Gasteiger charge is 2.37. The van der Waals surface area contributed by atoms with Gasteiger partial charge in [-0.05, 0) is 30.0 Å². The number of aliphatic imine (C=N–C) groups is 1. The van der Waals surface area contributed by atoms with Crippen LogP contribution in [0.1, 0.15) is 5.56 Å². The fourth-order valence-corrected chi connectivity index (χ4v) is 3.86. The molecule has 130 valence electrons. The lowest BCUT2D eigenvalue weighted by Gasteiger charge is -2.08. The Labute approximate surface area is 154 Å². The van der Waals surface area contributed by atoms with Gasteiger partial charge in [0.1, 0.15) is 5.75 Å². The van der Waals surface area contributed by atoms with Crippen molar-refractivity contribution < 1.29 is 14.3 Å². The van der Waals surface area contributed by atoms with Crippen molar-refractivity contribution in [3.63, 3.8) is 0 Å². The van der Waals surface area contributed by atoms with E-state index in [0.717, 1.165) is 11.3 Å². The van der Waals surface area contributed by atoms with Crippen molar-refractivity contribution in [1.29, 1.82) is 0 Å². The minimum Gasteiger partial charge on any atom is -0.497 e. The smallest absolute Gasteiger partial charge is 0.264 e. The first kappa shape index (κ1) is 16.4. The number of fused-ring (bicyclic) bond motifs is 1. The highest BCUT2D eigenvalue weighted by Crippen LogP contribution is 2.42. The molecule has 7 heteroatoms. The van der Waals surface area contributed by atoms with Gasteiger partial charge in [-0.3, -0.25) is 9.59 Å². The molecule has 1 fully saturated rings. The lowest BCUT2D eigenvalue weighted by atomic mass is 10.1. The summed E-state index contributed by atoms with van der Waals surface area (Å²) in [5, 5.41) is 3.17. The number of hydrogen-bond acceptors (Lipinski definition) is 5. The normalized spacial score (nSPS) is 20.5. The molecule has 4 rings (SSSR count). The lowest BCUT2D eigenvalue weighted by Crippen LogP contribution is -2.23. The Bertz CT molecular complexity index is 997. The van der Waals surface area contributed by atoms with Gasteiger partial charge >= 0.3 is 0 Å². The molecule has 2 aliphatic heterocycles. The summed E-state index contributed by atoms with van der Waals surface area (Å²) in [7, 11) is 3.29. The summed E-state index contributed by atoms with van der Waals surface area (Å²) in [5.41, 5.74) is 2.64. The van der Waals surface area contributed by atoms with Gasteiger partial charge in [0.2, 0.25) is 0 Å². The van der Waals surface area contributed by atoms with Crippen molar-refractivity contribution in [1.82, 2.24) is 5.32 Å². The van der Waals surface area contributed by atoms with Crippen LogP contribution in [-0.4, -0.2) is 31.1 Å². The summed E-state index contributed by atoms with van der Waals surface area (Å²) in [6.07, 6.45) is 0. The van der Waals surface area contributed by atoms with Gasteiger partial charge < -0.3 is 15.0 Å². The fraction of sp³-hybridized carbons (Fsp3) is 0.105. The molecule has 2 heterocycles. The summed E-state index contributed by atoms with van der Waals surface area (Å²) in [6.45, 7) is 0. The van der Waals surface area contributed by atoms with Crippen molar-refractivity contribution >= 4 is 45.7 Å². The monoisotopic (exact) mass is 365 g/mol. The van der Waals surface area contributed by atoms with Crippen LogP contribution in [0.5, 0.6) is 5.75 Å². The Morgan fingerprint density at radius 2 is 1.92 bits per heavy atom. The summed E-state index contributed by atoms with van der Waals surface area (Å²) in [5.74, 6) is 0.179. The predicted octanol–water partition coefficient (Wildman–Crippen LogP) is 2.93. The van der Waals surface area contributed by atoms with Gasteiger partial charge in [0.25, 0.3) is 11.8 Å². The van der Waals surface area contributed by atoms with E-state index in [9.17, 15) is 9.59 Å². The average molecular weight is 365 g/mol. The molecule has 1 saturated heterocycles. The third-order valence-corrected chi connectivity index (χ3v) is 5.17. The van der Waals surface area contributed by atoms with Gasteiger partial charge in [-0.1, -0.05) is 24.3 Å². The number of likely N-dealkylation sites (N-methyl/N-ethyl adjacent to an activating group) is 1. The molecule has 0 unspecified atom stereocenters. The molecule has 1 N–H and O–H groups in total. The van der Waals surface area contributed by atoms with Crippen LogP contribution in [0.15, 0.2) is 58.4 Å². The number of thioether (sulfide) groups is 1. The third kappa shape index (κ3) is 2.66. The number of carbonyl (C=O) groups is 2. The summed E-state index contributed by atoms with van der Waals surface area (Å²) < 4.78 is 5.18. The summed E-state index contributed by atoms with van der Waals surface area (Å²) in [4.78, 5) is 31.5. The zero-order chi connectivity index (χ0) is 18.3. The number of carbonyl (C=O) groups excluding carboxylic acids is 2. The third-order valence-electron chi connectivity index (χ3n) is 4.19. The molecule has 2 aliphatic rings. The van der Waals surface area contributed by atoms with Gasteiger partial charge in [-0.25, -0.2) is 4.99 Å². The van der Waals surface area contributed by atoms with Crippen molar-refractivity contribution in [2.24, 2.45) is 4.99 Å². The van der Waals surface area contributed by atoms with E-state index >= 15 is 0 Å². The van der Waals surface area contributed by atoms with Crippen molar-refractivity contribution in [2.75, 3.05) is 19.1 Å². The topological polar surface area (TPSA) is 71.0 Å². The van der Waals surface area contributed by atoms with E-state index < -0.39 is 0 Å². The number of methoxy groups -OCH3 is 1. The van der Waals surface area contributed by atoms with E-state index in [1.165, 1.54) is 11.8 Å². The number of para-hydroxylation sites is 1. The standard InChI is InChI=1S/C19H15N3O3S/c1-22-14-9-4-3-8-13(14)15(18(22)24)16-17(23)21-19(26-16)20-11-6-5-7-12(10-11)25-2/h3-10H,1-2H3,(H,20,21,23)/b16-15+. The number of nitrogens with zero attached hydrogens (tertiary/aromatic N) is 2. The molecule has 26 heavy (non-hydrogen) atoms. The lowest BCUT2D eigenvalue weighted by molar-refractivity contribution is -0.116. The highest BCUT2D eigenvalue weighted by molar-refractivity contribution is 8.18. The molecular weight excluding hydrogens is 350 g/mol. The molecule has 2 amide bonds. The van der Waals surface area contributed by atoms with Crippen LogP contribution >= 0.6 is 11.8 Å². The molecule has 2 aromatic rings. The molecule has 0 saturated carbocycles. The number of hydrogen-bond donors (Lipinski definition) is 1. The highest BCUT2D eigenvalue weighted by atomic mass is 32.2. The molecular formula is C19H15N3O3S. The largest absolute Gasteiger partial charge is 0.497 e. The van der Waals surface area contributed by atoms with Gasteiger partial charge in [-0.15, -0.1) is 0 Å².